The van der Waals surface area contributed by atoms with Gasteiger partial charge in [0.05, 0.1) is 17.7 Å². The average molecular weight is 360 g/mol. The first-order valence-corrected chi connectivity index (χ1v) is 9.53. The van der Waals surface area contributed by atoms with E-state index in [4.69, 9.17) is 4.74 Å². The zero-order valence-corrected chi connectivity index (χ0v) is 14.8. The number of hydrogen-bond donors (Lipinski definition) is 1. The Kier molecular flexibility index (Phi) is 4.55. The van der Waals surface area contributed by atoms with Gasteiger partial charge in [-0.3, -0.25) is 4.72 Å². The summed E-state index contributed by atoms with van der Waals surface area (Å²) in [5.74, 6) is 0.252. The first-order valence-electron chi connectivity index (χ1n) is 7.17. The van der Waals surface area contributed by atoms with Crippen LogP contribution < -0.4 is 9.46 Å². The van der Waals surface area contributed by atoms with E-state index in [1.165, 1.54) is 25.4 Å². The van der Waals surface area contributed by atoms with Gasteiger partial charge in [0.1, 0.15) is 0 Å². The maximum absolute atomic E-state index is 12.6. The van der Waals surface area contributed by atoms with Crippen LogP contribution in [-0.2, 0) is 10.0 Å². The summed E-state index contributed by atoms with van der Waals surface area (Å²) in [5.41, 5.74) is 2.37. The molecule has 0 spiro atoms. The zero-order chi connectivity index (χ0) is 17.2. The summed E-state index contributed by atoms with van der Waals surface area (Å²) < 4.78 is 32.9. The monoisotopic (exact) mass is 360 g/mol. The van der Waals surface area contributed by atoms with Gasteiger partial charge in [-0.25, -0.2) is 13.4 Å². The molecule has 0 aliphatic heterocycles. The molecule has 0 amide bonds. The number of sulfonamides is 1. The fraction of sp³-hybridized carbons (Fsp3) is 0.118. The minimum Gasteiger partial charge on any atom is -0.481 e. The van der Waals surface area contributed by atoms with E-state index in [0.717, 1.165) is 16.0 Å². The standard InChI is InChI=1S/C17H16N2O3S2/c1-12-5-6-13(16-4-3-9-23-16)10-15(12)19-24(20,21)14-7-8-18-17(11-14)22-2/h3-11,19H,1-2H3. The molecule has 1 aromatic carbocycles. The van der Waals surface area contributed by atoms with Crippen molar-refractivity contribution >= 4 is 27.0 Å². The number of pyridine rings is 1. The van der Waals surface area contributed by atoms with Crippen LogP contribution in [0.2, 0.25) is 0 Å². The number of nitrogens with one attached hydrogen (secondary N) is 1. The summed E-state index contributed by atoms with van der Waals surface area (Å²) in [5, 5.41) is 1.99. The molecule has 2 aromatic heterocycles. The molecule has 1 N–H and O–H groups in total. The lowest BCUT2D eigenvalue weighted by atomic mass is 10.1. The highest BCUT2D eigenvalue weighted by Gasteiger charge is 2.17. The van der Waals surface area contributed by atoms with E-state index in [1.54, 1.807) is 11.3 Å². The molecule has 24 heavy (non-hydrogen) atoms. The second-order valence-corrected chi connectivity index (χ2v) is 7.78. The molecule has 0 aliphatic rings. The first kappa shape index (κ1) is 16.5. The van der Waals surface area contributed by atoms with E-state index >= 15 is 0 Å². The Morgan fingerprint density at radius 3 is 2.71 bits per heavy atom. The van der Waals surface area contributed by atoms with Gasteiger partial charge in [0.2, 0.25) is 5.88 Å². The van der Waals surface area contributed by atoms with Crippen LogP contribution in [0.3, 0.4) is 0 Å². The van der Waals surface area contributed by atoms with Crippen molar-refractivity contribution in [3.63, 3.8) is 0 Å². The smallest absolute Gasteiger partial charge is 0.262 e. The van der Waals surface area contributed by atoms with Crippen molar-refractivity contribution in [3.05, 3.63) is 59.6 Å². The van der Waals surface area contributed by atoms with Crippen LogP contribution in [0.4, 0.5) is 5.69 Å². The summed E-state index contributed by atoms with van der Waals surface area (Å²) in [6.45, 7) is 1.86. The molecule has 0 atom stereocenters. The summed E-state index contributed by atoms with van der Waals surface area (Å²) >= 11 is 1.61. The van der Waals surface area contributed by atoms with E-state index in [1.807, 2.05) is 42.6 Å². The summed E-state index contributed by atoms with van der Waals surface area (Å²) in [6, 6.07) is 12.5. The Labute approximate surface area is 145 Å². The molecule has 0 bridgehead atoms. The second kappa shape index (κ2) is 6.62. The molecule has 0 fully saturated rings. The van der Waals surface area contributed by atoms with Crippen molar-refractivity contribution in [1.29, 1.82) is 0 Å². The van der Waals surface area contributed by atoms with Crippen molar-refractivity contribution in [2.75, 3.05) is 11.8 Å². The van der Waals surface area contributed by atoms with Gasteiger partial charge in [-0.2, -0.15) is 0 Å². The third kappa shape index (κ3) is 3.42. The summed E-state index contributed by atoms with van der Waals surface area (Å²) in [7, 11) is -2.28. The van der Waals surface area contributed by atoms with Gasteiger partial charge in [-0.15, -0.1) is 11.3 Å². The van der Waals surface area contributed by atoms with Crippen LogP contribution in [0.5, 0.6) is 5.88 Å². The second-order valence-electron chi connectivity index (χ2n) is 5.15. The topological polar surface area (TPSA) is 68.3 Å². The maximum Gasteiger partial charge on any atom is 0.262 e. The minimum absolute atomic E-state index is 0.107. The van der Waals surface area contributed by atoms with Gasteiger partial charge in [-0.05, 0) is 41.6 Å². The van der Waals surface area contributed by atoms with Crippen molar-refractivity contribution in [3.8, 4) is 16.3 Å². The van der Waals surface area contributed by atoms with Crippen LogP contribution >= 0.6 is 11.3 Å². The highest BCUT2D eigenvalue weighted by molar-refractivity contribution is 7.92. The Balaban J connectivity index is 1.96. The lowest BCUT2D eigenvalue weighted by Gasteiger charge is -2.12. The van der Waals surface area contributed by atoms with Crippen molar-refractivity contribution in [2.24, 2.45) is 0 Å². The number of nitrogens with zero attached hydrogens (tertiary/aromatic N) is 1. The SMILES string of the molecule is COc1cc(S(=O)(=O)Nc2cc(-c3cccs3)ccc2C)ccn1. The van der Waals surface area contributed by atoms with Crippen molar-refractivity contribution < 1.29 is 13.2 Å². The molecular formula is C17H16N2O3S2. The Morgan fingerprint density at radius 1 is 1.17 bits per heavy atom. The van der Waals surface area contributed by atoms with Crippen LogP contribution in [0.25, 0.3) is 10.4 Å². The van der Waals surface area contributed by atoms with Crippen molar-refractivity contribution in [1.82, 2.24) is 4.98 Å². The highest BCUT2D eigenvalue weighted by atomic mass is 32.2. The Bertz CT molecular complexity index is 952. The molecule has 124 valence electrons. The molecule has 3 rings (SSSR count). The number of aryl methyl sites for hydroxylation is 1. The lowest BCUT2D eigenvalue weighted by Crippen LogP contribution is -2.14. The molecule has 0 saturated carbocycles. The molecule has 2 heterocycles. The third-order valence-electron chi connectivity index (χ3n) is 3.51. The van der Waals surface area contributed by atoms with Crippen molar-refractivity contribution in [2.45, 2.75) is 11.8 Å². The van der Waals surface area contributed by atoms with Gasteiger partial charge in [0, 0.05) is 17.1 Å². The van der Waals surface area contributed by atoms with Crippen LogP contribution in [0, 0.1) is 6.92 Å². The predicted octanol–water partition coefficient (Wildman–Crippen LogP) is 3.93. The van der Waals surface area contributed by atoms with E-state index in [2.05, 4.69) is 9.71 Å². The molecule has 0 unspecified atom stereocenters. The fourth-order valence-electron chi connectivity index (χ4n) is 2.20. The number of thiophene rings is 1. The molecule has 5 nitrogen and oxygen atoms in total. The number of anilines is 1. The number of rotatable bonds is 5. The van der Waals surface area contributed by atoms with Gasteiger partial charge in [-0.1, -0.05) is 18.2 Å². The third-order valence-corrected chi connectivity index (χ3v) is 5.80. The van der Waals surface area contributed by atoms with Gasteiger partial charge < -0.3 is 4.74 Å². The molecule has 0 radical (unpaired) electrons. The lowest BCUT2D eigenvalue weighted by molar-refractivity contribution is 0.396. The molecule has 0 aliphatic carbocycles. The van der Waals surface area contributed by atoms with Gasteiger partial charge in [0.15, 0.2) is 0 Å². The normalized spacial score (nSPS) is 11.2. The summed E-state index contributed by atoms with van der Waals surface area (Å²) in [4.78, 5) is 5.12. The molecule has 7 heteroatoms. The van der Waals surface area contributed by atoms with E-state index in [-0.39, 0.29) is 10.8 Å². The van der Waals surface area contributed by atoms with Crippen LogP contribution in [-0.4, -0.2) is 20.5 Å². The van der Waals surface area contributed by atoms with E-state index in [0.29, 0.717) is 5.69 Å². The van der Waals surface area contributed by atoms with E-state index in [9.17, 15) is 8.42 Å². The maximum atomic E-state index is 12.6. The largest absolute Gasteiger partial charge is 0.481 e. The number of hydrogen-bond acceptors (Lipinski definition) is 5. The van der Waals surface area contributed by atoms with E-state index < -0.39 is 10.0 Å². The Morgan fingerprint density at radius 2 is 2.00 bits per heavy atom. The number of aromatic nitrogens is 1. The number of benzene rings is 1. The molecule has 3 aromatic rings. The molecular weight excluding hydrogens is 344 g/mol. The van der Waals surface area contributed by atoms with Crippen LogP contribution in [0.15, 0.2) is 58.9 Å². The highest BCUT2D eigenvalue weighted by Crippen LogP contribution is 2.30. The number of methoxy groups -OCH3 is 1. The molecule has 0 saturated heterocycles. The first-order chi connectivity index (χ1) is 11.5. The van der Waals surface area contributed by atoms with Gasteiger partial charge >= 0.3 is 0 Å². The average Bonchev–Trinajstić information content (AvgIpc) is 3.11. The van der Waals surface area contributed by atoms with Gasteiger partial charge in [0.25, 0.3) is 10.0 Å². The summed E-state index contributed by atoms with van der Waals surface area (Å²) in [6.07, 6.45) is 1.41. The number of ether oxygens (including phenoxy) is 1. The predicted molar refractivity (Wildman–Crippen MR) is 96.1 cm³/mol. The quantitative estimate of drug-likeness (QED) is 0.748. The fourth-order valence-corrected chi connectivity index (χ4v) is 4.05. The Hall–Kier alpha value is -2.38. The zero-order valence-electron chi connectivity index (χ0n) is 13.2. The minimum atomic E-state index is -3.72. The van der Waals surface area contributed by atoms with Crippen LogP contribution in [0.1, 0.15) is 5.56 Å².